The quantitative estimate of drug-likeness (QED) is 0.188. The molecule has 1 aliphatic carbocycles. The Balaban J connectivity index is 1.93. The number of amides is 2. The van der Waals surface area contributed by atoms with E-state index in [4.69, 9.17) is 9.47 Å². The van der Waals surface area contributed by atoms with E-state index < -0.39 is 42.3 Å². The number of rotatable bonds is 15. The zero-order chi connectivity index (χ0) is 30.2. The number of nitrogens with one attached hydrogen (secondary N) is 1. The first-order valence-electron chi connectivity index (χ1n) is 14.2. The van der Waals surface area contributed by atoms with E-state index in [1.165, 1.54) is 4.90 Å². The largest absolute Gasteiger partial charge is 0.493 e. The standard InChI is InChI=1S/C31H40F2N2O6/c1-5-24(36)27-25(40-6-2)17-23(18-26(27)41-7-3)21(4)35(16-12-11-15-22-13-9-8-10-14-22)29(39)34-30(28(37)38)19-31(32,33)20-30/h8-10,13-14,17-18,21H,5-7,11-12,15-16,19-20H2,1-4H3,(H,34,39)(H,37,38). The Labute approximate surface area is 240 Å². The van der Waals surface area contributed by atoms with Crippen molar-refractivity contribution in [2.75, 3.05) is 19.8 Å². The monoisotopic (exact) mass is 574 g/mol. The number of aliphatic carboxylic acids is 1. The molecule has 0 radical (unpaired) electrons. The van der Waals surface area contributed by atoms with E-state index in [-0.39, 0.29) is 18.7 Å². The van der Waals surface area contributed by atoms with Gasteiger partial charge in [-0.1, -0.05) is 37.3 Å². The second-order valence-corrected chi connectivity index (χ2v) is 10.4. The summed E-state index contributed by atoms with van der Waals surface area (Å²) in [6.07, 6.45) is 0.439. The molecule has 0 spiro atoms. The van der Waals surface area contributed by atoms with Crippen molar-refractivity contribution in [1.82, 2.24) is 10.2 Å². The molecule has 0 saturated heterocycles. The molecule has 8 nitrogen and oxygen atoms in total. The number of carboxylic acids is 1. The van der Waals surface area contributed by atoms with Crippen LogP contribution in [0.1, 0.15) is 87.3 Å². The van der Waals surface area contributed by atoms with Crippen LogP contribution in [0.15, 0.2) is 42.5 Å². The summed E-state index contributed by atoms with van der Waals surface area (Å²) in [4.78, 5) is 39.7. The number of carbonyl (C=O) groups excluding carboxylic acids is 2. The molecule has 1 saturated carbocycles. The first kappa shape index (κ1) is 31.8. The summed E-state index contributed by atoms with van der Waals surface area (Å²) in [6.45, 7) is 7.94. The van der Waals surface area contributed by atoms with E-state index in [1.54, 1.807) is 39.8 Å². The molecule has 1 unspecified atom stereocenters. The summed E-state index contributed by atoms with van der Waals surface area (Å²) in [7, 11) is 0. The Morgan fingerprint density at radius 3 is 2.07 bits per heavy atom. The van der Waals surface area contributed by atoms with Gasteiger partial charge in [0.05, 0.1) is 19.3 Å². The number of unbranched alkanes of at least 4 members (excludes halogenated alkanes) is 1. The van der Waals surface area contributed by atoms with Gasteiger partial charge in [0.25, 0.3) is 5.92 Å². The molecular formula is C31H40F2N2O6. The van der Waals surface area contributed by atoms with E-state index >= 15 is 0 Å². The predicted molar refractivity (Wildman–Crippen MR) is 151 cm³/mol. The van der Waals surface area contributed by atoms with Crippen molar-refractivity contribution in [2.24, 2.45) is 0 Å². The van der Waals surface area contributed by atoms with Gasteiger partial charge in [-0.15, -0.1) is 0 Å². The van der Waals surface area contributed by atoms with E-state index in [1.807, 2.05) is 30.3 Å². The van der Waals surface area contributed by atoms with Crippen molar-refractivity contribution < 1.29 is 37.7 Å². The summed E-state index contributed by atoms with van der Waals surface area (Å²) >= 11 is 0. The molecule has 41 heavy (non-hydrogen) atoms. The van der Waals surface area contributed by atoms with Crippen LogP contribution in [0.4, 0.5) is 13.6 Å². The van der Waals surface area contributed by atoms with E-state index in [0.717, 1.165) is 18.4 Å². The van der Waals surface area contributed by atoms with Crippen LogP contribution < -0.4 is 14.8 Å². The Bertz CT molecular complexity index is 1190. The lowest BCUT2D eigenvalue weighted by molar-refractivity contribution is -0.175. The Morgan fingerprint density at radius 1 is 1.00 bits per heavy atom. The number of hydrogen-bond acceptors (Lipinski definition) is 5. The average Bonchev–Trinajstić information content (AvgIpc) is 2.91. The number of aryl methyl sites for hydroxylation is 1. The number of carbonyl (C=O) groups is 3. The van der Waals surface area contributed by atoms with Crippen molar-refractivity contribution in [2.45, 2.75) is 83.7 Å². The molecule has 0 heterocycles. The second-order valence-electron chi connectivity index (χ2n) is 10.4. The van der Waals surface area contributed by atoms with Crippen LogP contribution in [0.5, 0.6) is 11.5 Å². The second kappa shape index (κ2) is 13.8. The van der Waals surface area contributed by atoms with Gasteiger partial charge < -0.3 is 24.8 Å². The third kappa shape index (κ3) is 7.74. The normalized spacial score (nSPS) is 15.8. The number of halogens is 2. The fraction of sp³-hybridized carbons (Fsp3) is 0.516. The highest BCUT2D eigenvalue weighted by Gasteiger charge is 2.62. The maximum Gasteiger partial charge on any atom is 0.329 e. The number of hydrogen-bond donors (Lipinski definition) is 2. The molecule has 0 aliphatic heterocycles. The van der Waals surface area contributed by atoms with E-state index in [2.05, 4.69) is 5.32 Å². The van der Waals surface area contributed by atoms with E-state index in [0.29, 0.717) is 42.3 Å². The van der Waals surface area contributed by atoms with Crippen molar-refractivity contribution in [3.8, 4) is 11.5 Å². The number of nitrogens with zero attached hydrogens (tertiary/aromatic N) is 1. The molecule has 0 bridgehead atoms. The number of Topliss-reactive ketones (excluding diaryl/α,β-unsaturated/α-hetero) is 1. The molecule has 2 aromatic carbocycles. The lowest BCUT2D eigenvalue weighted by atomic mass is 9.73. The van der Waals surface area contributed by atoms with Gasteiger partial charge in [0.15, 0.2) is 11.3 Å². The number of ether oxygens (including phenoxy) is 2. The van der Waals surface area contributed by atoms with Gasteiger partial charge in [-0.2, -0.15) is 0 Å². The van der Waals surface area contributed by atoms with Gasteiger partial charge in [-0.05, 0) is 63.3 Å². The summed E-state index contributed by atoms with van der Waals surface area (Å²) in [5, 5.41) is 12.1. The van der Waals surface area contributed by atoms with Gasteiger partial charge in [-0.25, -0.2) is 18.4 Å². The third-order valence-electron chi connectivity index (χ3n) is 7.33. The van der Waals surface area contributed by atoms with Crippen molar-refractivity contribution in [1.29, 1.82) is 0 Å². The molecule has 10 heteroatoms. The number of alkyl halides is 2. The Hall–Kier alpha value is -3.69. The van der Waals surface area contributed by atoms with E-state index in [9.17, 15) is 28.3 Å². The van der Waals surface area contributed by atoms with Gasteiger partial charge in [-0.3, -0.25) is 4.79 Å². The topological polar surface area (TPSA) is 105 Å². The fourth-order valence-corrected chi connectivity index (χ4v) is 5.15. The molecule has 224 valence electrons. The Morgan fingerprint density at radius 2 is 1.59 bits per heavy atom. The third-order valence-corrected chi connectivity index (χ3v) is 7.33. The molecule has 3 rings (SSSR count). The lowest BCUT2D eigenvalue weighted by Gasteiger charge is -2.45. The van der Waals surface area contributed by atoms with Crippen LogP contribution in [0.25, 0.3) is 0 Å². The molecular weight excluding hydrogens is 534 g/mol. The van der Waals surface area contributed by atoms with Crippen molar-refractivity contribution in [3.05, 3.63) is 59.2 Å². The molecule has 1 aliphatic rings. The first-order valence-corrected chi connectivity index (χ1v) is 14.2. The SMILES string of the molecule is CCOc1cc(C(C)N(CCCCc2ccccc2)C(=O)NC2(C(=O)O)CC(F)(F)C2)cc(OCC)c1C(=O)CC. The average molecular weight is 575 g/mol. The van der Waals surface area contributed by atoms with Crippen LogP contribution >= 0.6 is 0 Å². The van der Waals surface area contributed by atoms with Gasteiger partial charge in [0.2, 0.25) is 0 Å². The zero-order valence-corrected chi connectivity index (χ0v) is 24.2. The number of benzene rings is 2. The van der Waals surface area contributed by atoms with Crippen LogP contribution in [-0.2, 0) is 11.2 Å². The number of urea groups is 1. The highest BCUT2D eigenvalue weighted by Crippen LogP contribution is 2.46. The van der Waals surface area contributed by atoms with Crippen molar-refractivity contribution in [3.63, 3.8) is 0 Å². The fourth-order valence-electron chi connectivity index (χ4n) is 5.15. The highest BCUT2D eigenvalue weighted by molar-refractivity contribution is 6.01. The number of ketones is 1. The first-order chi connectivity index (χ1) is 19.5. The minimum Gasteiger partial charge on any atom is -0.493 e. The summed E-state index contributed by atoms with van der Waals surface area (Å²) in [5.74, 6) is -4.14. The summed E-state index contributed by atoms with van der Waals surface area (Å²) in [5.41, 5.74) is 0.0445. The molecule has 2 aromatic rings. The lowest BCUT2D eigenvalue weighted by Crippen LogP contribution is -2.68. The smallest absolute Gasteiger partial charge is 0.329 e. The molecule has 2 amide bonds. The van der Waals surface area contributed by atoms with Crippen LogP contribution in [0.2, 0.25) is 0 Å². The molecule has 1 atom stereocenters. The van der Waals surface area contributed by atoms with Crippen LogP contribution in [-0.4, -0.2) is 59.0 Å². The molecule has 1 fully saturated rings. The highest BCUT2D eigenvalue weighted by atomic mass is 19.3. The maximum atomic E-state index is 13.8. The van der Waals surface area contributed by atoms with Gasteiger partial charge in [0, 0.05) is 25.8 Å². The number of carboxylic acid groups (broad SMARTS) is 1. The van der Waals surface area contributed by atoms with Crippen LogP contribution in [0, 0.1) is 0 Å². The summed E-state index contributed by atoms with van der Waals surface area (Å²) < 4.78 is 39.1. The summed E-state index contributed by atoms with van der Waals surface area (Å²) in [6, 6.07) is 11.9. The van der Waals surface area contributed by atoms with Gasteiger partial charge in [0.1, 0.15) is 17.1 Å². The Kier molecular flexibility index (Phi) is 10.7. The predicted octanol–water partition coefficient (Wildman–Crippen LogP) is 6.42. The minimum atomic E-state index is -3.15. The minimum absolute atomic E-state index is 0.152. The van der Waals surface area contributed by atoms with Crippen LogP contribution in [0.3, 0.4) is 0 Å². The van der Waals surface area contributed by atoms with Crippen molar-refractivity contribution >= 4 is 17.8 Å². The molecule has 0 aromatic heterocycles. The van der Waals surface area contributed by atoms with Gasteiger partial charge >= 0.3 is 12.0 Å². The maximum absolute atomic E-state index is 13.8. The zero-order valence-electron chi connectivity index (χ0n) is 24.2. The molecule has 2 N–H and O–H groups in total.